The number of nitrogens with two attached hydrogens (primary N) is 1. The topological polar surface area (TPSA) is 266 Å². The molecule has 22 heteroatoms. The van der Waals surface area contributed by atoms with Crippen LogP contribution in [0.5, 0.6) is 23.0 Å². The number of benzene rings is 4. The molecule has 0 amide bonds. The van der Waals surface area contributed by atoms with Crippen molar-refractivity contribution in [2.45, 2.75) is 146 Å². The predicted molar refractivity (Wildman–Crippen MR) is 335 cm³/mol. The summed E-state index contributed by atoms with van der Waals surface area (Å²) in [6, 6.07) is 17.1. The highest BCUT2D eigenvalue weighted by atomic mass is 31.2. The Hall–Kier alpha value is -6.37. The number of hydrogen-bond acceptors (Lipinski definition) is 17. The molecule has 0 bridgehead atoms. The monoisotopic (exact) mass is 1230 g/mol. The third-order valence-electron chi connectivity index (χ3n) is 14.0. The fourth-order valence-corrected chi connectivity index (χ4v) is 13.8. The molecule has 0 saturated heterocycles. The number of cyclic esters (lactones) is 2. The van der Waals surface area contributed by atoms with E-state index in [0.717, 1.165) is 69.7 Å². The van der Waals surface area contributed by atoms with Gasteiger partial charge in [0.05, 0.1) is 32.1 Å². The molecule has 2 heterocycles. The Morgan fingerprint density at radius 3 is 1.66 bits per heavy atom. The highest BCUT2D eigenvalue weighted by molar-refractivity contribution is 7.57. The van der Waals surface area contributed by atoms with Crippen LogP contribution in [0.25, 0.3) is 0 Å². The first-order valence-corrected chi connectivity index (χ1v) is 36.4. The number of carbonyl (C=O) groups excluding carboxylic acids is 5. The first-order chi connectivity index (χ1) is 40.3. The summed E-state index contributed by atoms with van der Waals surface area (Å²) in [6.45, 7) is 28.1. The van der Waals surface area contributed by atoms with Crippen molar-refractivity contribution in [2.24, 2.45) is 5.73 Å². The number of aromatic hydroxyl groups is 1. The van der Waals surface area contributed by atoms with Crippen molar-refractivity contribution in [3.8, 4) is 23.0 Å². The van der Waals surface area contributed by atoms with Crippen LogP contribution in [0.15, 0.2) is 84.0 Å². The summed E-state index contributed by atoms with van der Waals surface area (Å²) >= 11 is 0. The maximum Gasteiger partial charge on any atom is 0.342 e. The largest absolute Gasteiger partial charge is 0.507 e. The maximum absolute atomic E-state index is 13.7. The molecule has 4 aromatic carbocycles. The maximum atomic E-state index is 13.7. The van der Waals surface area contributed by atoms with Gasteiger partial charge in [0.15, 0.2) is 0 Å². The standard InChI is InChI=1S/C29H39N2O7P.C21H30O4Si.C13H21N2O4P/c1-6-23-20(4)25-18-37-29(34)26(25)27(32)24(23)14-13-19(3)17-30-15-16-39(35,31-21(5)28(33)36-7-2)38-22-11-9-8-10-12-22;1-7-16-15(3)18-13-25-21(23)19(18)20(24-10-11-26(4,5)6)17(16)9-8-14(2)12-22;1-3-18-13(16)11(2)15-20(17,10-9-14)19-12-7-5-4-6-8-12/h8-13,21,30,32H,6-7,14-18H2,1-5H3,(H,31,35);8,12H,7,9-11,13H2,1-6H3;4-8,11H,3,9-10,14H2,1-2H3,(H,15,17)/b19-13+;14-8+;/t21-,39?;;11-,20?/m0.0/s1. The van der Waals surface area contributed by atoms with Crippen LogP contribution in [0.3, 0.4) is 0 Å². The molecule has 466 valence electrons. The summed E-state index contributed by atoms with van der Waals surface area (Å²) in [5, 5.41) is 19.7. The van der Waals surface area contributed by atoms with Crippen molar-refractivity contribution in [3.05, 3.63) is 140 Å². The first kappa shape index (κ1) is 71.1. The van der Waals surface area contributed by atoms with Gasteiger partial charge < -0.3 is 48.9 Å². The van der Waals surface area contributed by atoms with Gasteiger partial charge in [-0.3, -0.25) is 23.5 Å². The van der Waals surface area contributed by atoms with E-state index in [1.807, 2.05) is 52.0 Å². The number of nitrogens with one attached hydrogen (secondary N) is 3. The molecule has 4 aromatic rings. The fourth-order valence-electron chi connectivity index (χ4n) is 9.43. The Morgan fingerprint density at radius 2 is 1.19 bits per heavy atom. The zero-order chi connectivity index (χ0) is 63.1. The summed E-state index contributed by atoms with van der Waals surface area (Å²) in [5.74, 6) is -0.164. The van der Waals surface area contributed by atoms with Gasteiger partial charge in [-0.2, -0.15) is 0 Å². The molecular formula is C63H90N4O15P2Si. The minimum absolute atomic E-state index is 0.00718. The Balaban J connectivity index is 0.000000292. The summed E-state index contributed by atoms with van der Waals surface area (Å²) in [6.07, 6.45) is 7.67. The van der Waals surface area contributed by atoms with Crippen LogP contribution in [-0.4, -0.2) is 107 Å². The van der Waals surface area contributed by atoms with Crippen molar-refractivity contribution < 1.29 is 70.9 Å². The molecule has 2 aliphatic rings. The minimum Gasteiger partial charge on any atom is -0.507 e. The van der Waals surface area contributed by atoms with Crippen LogP contribution in [0.2, 0.25) is 25.7 Å². The molecule has 0 spiro atoms. The lowest BCUT2D eigenvalue weighted by molar-refractivity contribution is -0.145. The third kappa shape index (κ3) is 21.2. The summed E-state index contributed by atoms with van der Waals surface area (Å²) in [4.78, 5) is 59.2. The van der Waals surface area contributed by atoms with Gasteiger partial charge in [-0.05, 0) is 139 Å². The van der Waals surface area contributed by atoms with Crippen molar-refractivity contribution in [1.29, 1.82) is 0 Å². The van der Waals surface area contributed by atoms with Gasteiger partial charge in [0.25, 0.3) is 0 Å². The molecule has 6 N–H and O–H groups in total. The summed E-state index contributed by atoms with van der Waals surface area (Å²) < 4.78 is 64.2. The number of allylic oxidation sites excluding steroid dienone is 3. The number of phenols is 1. The summed E-state index contributed by atoms with van der Waals surface area (Å²) in [7, 11) is -7.94. The van der Waals surface area contributed by atoms with Crippen LogP contribution in [0.1, 0.15) is 121 Å². The molecule has 19 nitrogen and oxygen atoms in total. The lowest BCUT2D eigenvalue weighted by Crippen LogP contribution is -2.36. The second kappa shape index (κ2) is 34.1. The Morgan fingerprint density at radius 1 is 0.718 bits per heavy atom. The van der Waals surface area contributed by atoms with Crippen molar-refractivity contribution in [1.82, 2.24) is 15.5 Å². The normalized spacial score (nSPS) is 14.9. The van der Waals surface area contributed by atoms with Gasteiger partial charge in [0, 0.05) is 50.0 Å². The number of hydrogen-bond donors (Lipinski definition) is 5. The number of carbonyl (C=O) groups is 5. The Kier molecular flexibility index (Phi) is 28.5. The number of esters is 4. The van der Waals surface area contributed by atoms with Gasteiger partial charge in [-0.1, -0.05) is 87.6 Å². The van der Waals surface area contributed by atoms with Gasteiger partial charge in [-0.25, -0.2) is 19.8 Å². The Bertz CT molecular complexity index is 3090. The molecule has 0 fully saturated rings. The average molecular weight is 1230 g/mol. The molecule has 0 aliphatic carbocycles. The quantitative estimate of drug-likeness (QED) is 0.00475. The Labute approximate surface area is 503 Å². The number of ether oxygens (including phenoxy) is 5. The molecule has 0 aromatic heterocycles. The lowest BCUT2D eigenvalue weighted by atomic mass is 9.89. The van der Waals surface area contributed by atoms with Crippen LogP contribution >= 0.6 is 15.0 Å². The number of fused-ring (bicyclic) bond motifs is 2. The predicted octanol–water partition coefficient (Wildman–Crippen LogP) is 11.2. The van der Waals surface area contributed by atoms with E-state index in [1.54, 1.807) is 83.1 Å². The van der Waals surface area contributed by atoms with Gasteiger partial charge in [0.1, 0.15) is 65.7 Å². The SMILES string of the molecule is CCOC(=O)[C@H](C)NP(=O)(CCN)Oc1ccccc1.CCOC(=O)[C@H](C)NP(=O)(CCNC/C(C)=C/Cc1c(O)c2c(c(C)c1CC)COC2=O)Oc1ccccc1.CCc1c(C)c2c(c(OCC[Si](C)(C)C)c1C/C=C(\C)C=O)C(=O)OC2. The van der Waals surface area contributed by atoms with E-state index in [9.17, 15) is 38.2 Å². The average Bonchev–Trinajstić information content (AvgIpc) is 4.20. The van der Waals surface area contributed by atoms with E-state index in [4.69, 9.17) is 38.5 Å². The molecule has 2 aliphatic heterocycles. The highest BCUT2D eigenvalue weighted by Crippen LogP contribution is 2.45. The van der Waals surface area contributed by atoms with Crippen molar-refractivity contribution >= 4 is 53.3 Å². The summed E-state index contributed by atoms with van der Waals surface area (Å²) in [5.41, 5.74) is 15.8. The zero-order valence-electron chi connectivity index (χ0n) is 51.9. The molecule has 2 unspecified atom stereocenters. The van der Waals surface area contributed by atoms with E-state index in [-0.39, 0.29) is 56.0 Å². The van der Waals surface area contributed by atoms with Crippen LogP contribution < -0.4 is 35.0 Å². The smallest absolute Gasteiger partial charge is 0.342 e. The molecule has 0 saturated carbocycles. The second-order valence-corrected chi connectivity index (χ2v) is 32.0. The van der Waals surface area contributed by atoms with Gasteiger partial charge in [-0.15, -0.1) is 0 Å². The fraction of sp³-hybridized carbons (Fsp3) is 0.476. The van der Waals surface area contributed by atoms with Crippen LogP contribution in [0.4, 0.5) is 0 Å². The van der Waals surface area contributed by atoms with E-state index in [1.165, 1.54) is 5.56 Å². The molecular weight excluding hydrogens is 1140 g/mol. The van der Waals surface area contributed by atoms with Gasteiger partial charge >= 0.3 is 38.9 Å². The lowest BCUT2D eigenvalue weighted by Gasteiger charge is -2.23. The van der Waals surface area contributed by atoms with Crippen molar-refractivity contribution in [3.63, 3.8) is 0 Å². The number of para-hydroxylation sites is 2. The van der Waals surface area contributed by atoms with E-state index >= 15 is 0 Å². The minimum atomic E-state index is -3.44. The molecule has 4 atom stereocenters. The number of aldehydes is 1. The van der Waals surface area contributed by atoms with E-state index < -0.39 is 53.1 Å². The third-order valence-corrected chi connectivity index (χ3v) is 19.9. The number of rotatable bonds is 30. The second-order valence-electron chi connectivity index (χ2n) is 21.9. The highest BCUT2D eigenvalue weighted by Gasteiger charge is 2.35. The van der Waals surface area contributed by atoms with E-state index in [2.05, 4.69) is 42.1 Å². The number of phenolic OH excluding ortho intramolecular Hbond substituents is 1. The van der Waals surface area contributed by atoms with Gasteiger partial charge in [0.2, 0.25) is 0 Å². The zero-order valence-corrected chi connectivity index (χ0v) is 54.7. The van der Waals surface area contributed by atoms with Crippen molar-refractivity contribution in [2.75, 3.05) is 51.8 Å². The van der Waals surface area contributed by atoms with Crippen LogP contribution in [0, 0.1) is 13.8 Å². The molecule has 85 heavy (non-hydrogen) atoms. The molecule has 6 rings (SSSR count). The van der Waals surface area contributed by atoms with E-state index in [0.29, 0.717) is 67.5 Å². The molecule has 0 radical (unpaired) electrons. The first-order valence-electron chi connectivity index (χ1n) is 29.0. The van der Waals surface area contributed by atoms with Crippen LogP contribution in [-0.2, 0) is 81.4 Å².